The summed E-state index contributed by atoms with van der Waals surface area (Å²) in [5, 5.41) is 0. The van der Waals surface area contributed by atoms with Gasteiger partial charge in [0.15, 0.2) is 0 Å². The average Bonchev–Trinajstić information content (AvgIpc) is 2.30. The second kappa shape index (κ2) is 5.30. The van der Waals surface area contributed by atoms with Crippen molar-refractivity contribution >= 4 is 20.6 Å². The molecule has 1 unspecified atom stereocenters. The van der Waals surface area contributed by atoms with Gasteiger partial charge in [0.1, 0.15) is 5.75 Å². The van der Waals surface area contributed by atoms with Gasteiger partial charge in [0.25, 0.3) is 0 Å². The molecule has 1 aliphatic rings. The standard InChI is InChI=1S/C13H14BrNO/c1-16-12-4-2-10(3-5-12)8-11-6-7-15-13(14)9-11/h2-7,11H,8-9H2,1H3. The third-order valence-corrected chi connectivity index (χ3v) is 3.19. The number of ether oxygens (including phenoxy) is 1. The van der Waals surface area contributed by atoms with Gasteiger partial charge in [0, 0.05) is 12.6 Å². The summed E-state index contributed by atoms with van der Waals surface area (Å²) < 4.78 is 6.17. The van der Waals surface area contributed by atoms with Crippen molar-refractivity contribution in [2.75, 3.05) is 7.11 Å². The van der Waals surface area contributed by atoms with Crippen molar-refractivity contribution in [3.8, 4) is 5.75 Å². The lowest BCUT2D eigenvalue weighted by atomic mass is 9.95. The zero-order valence-corrected chi connectivity index (χ0v) is 10.8. The molecular weight excluding hydrogens is 266 g/mol. The molecule has 0 spiro atoms. The van der Waals surface area contributed by atoms with Gasteiger partial charge in [-0.1, -0.05) is 18.2 Å². The third kappa shape index (κ3) is 2.95. The first-order valence-corrected chi connectivity index (χ1v) is 6.09. The largest absolute Gasteiger partial charge is 0.497 e. The summed E-state index contributed by atoms with van der Waals surface area (Å²) >= 11 is 3.44. The summed E-state index contributed by atoms with van der Waals surface area (Å²) in [5.41, 5.74) is 1.33. The van der Waals surface area contributed by atoms with E-state index >= 15 is 0 Å². The predicted octanol–water partition coefficient (Wildman–Crippen LogP) is 3.56. The van der Waals surface area contributed by atoms with E-state index in [1.165, 1.54) is 5.56 Å². The summed E-state index contributed by atoms with van der Waals surface area (Å²) in [6.45, 7) is 0. The quantitative estimate of drug-likeness (QED) is 0.829. The highest BCUT2D eigenvalue weighted by atomic mass is 79.9. The third-order valence-electron chi connectivity index (χ3n) is 2.66. The minimum Gasteiger partial charge on any atom is -0.497 e. The van der Waals surface area contributed by atoms with Crippen molar-refractivity contribution in [2.45, 2.75) is 12.8 Å². The van der Waals surface area contributed by atoms with E-state index in [1.807, 2.05) is 18.3 Å². The maximum atomic E-state index is 5.14. The van der Waals surface area contributed by atoms with Crippen LogP contribution in [0.1, 0.15) is 12.0 Å². The molecule has 84 valence electrons. The molecule has 16 heavy (non-hydrogen) atoms. The molecule has 0 amide bonds. The highest BCUT2D eigenvalue weighted by molar-refractivity contribution is 9.18. The lowest BCUT2D eigenvalue weighted by molar-refractivity contribution is 0.414. The molecule has 1 aliphatic heterocycles. The molecule has 0 saturated carbocycles. The van der Waals surface area contributed by atoms with E-state index in [0.717, 1.165) is 23.2 Å². The fourth-order valence-corrected chi connectivity index (χ4v) is 2.32. The van der Waals surface area contributed by atoms with Crippen molar-refractivity contribution in [3.63, 3.8) is 0 Å². The van der Waals surface area contributed by atoms with Crippen molar-refractivity contribution < 1.29 is 4.74 Å². The molecule has 0 fully saturated rings. The molecule has 1 aromatic carbocycles. The van der Waals surface area contributed by atoms with Crippen LogP contribution in [0.2, 0.25) is 0 Å². The van der Waals surface area contributed by atoms with Gasteiger partial charge in [-0.15, -0.1) is 0 Å². The molecule has 0 aromatic heterocycles. The smallest absolute Gasteiger partial charge is 0.118 e. The van der Waals surface area contributed by atoms with Crippen LogP contribution in [0.25, 0.3) is 0 Å². The Kier molecular flexibility index (Phi) is 3.78. The summed E-state index contributed by atoms with van der Waals surface area (Å²) in [7, 11) is 1.69. The topological polar surface area (TPSA) is 21.6 Å². The van der Waals surface area contributed by atoms with E-state index in [1.54, 1.807) is 7.11 Å². The van der Waals surface area contributed by atoms with E-state index < -0.39 is 0 Å². The van der Waals surface area contributed by atoms with Crippen molar-refractivity contribution in [1.82, 2.24) is 0 Å². The Morgan fingerprint density at radius 2 is 2.12 bits per heavy atom. The van der Waals surface area contributed by atoms with Crippen LogP contribution in [-0.2, 0) is 6.42 Å². The highest BCUT2D eigenvalue weighted by Crippen LogP contribution is 2.21. The zero-order chi connectivity index (χ0) is 11.4. The fourth-order valence-electron chi connectivity index (χ4n) is 1.79. The molecule has 0 bridgehead atoms. The van der Waals surface area contributed by atoms with Gasteiger partial charge in [-0.2, -0.15) is 0 Å². The molecule has 1 heterocycles. The Morgan fingerprint density at radius 3 is 2.75 bits per heavy atom. The number of hydrogen-bond acceptors (Lipinski definition) is 2. The van der Waals surface area contributed by atoms with Crippen LogP contribution in [0.15, 0.2) is 41.5 Å². The van der Waals surface area contributed by atoms with E-state index in [4.69, 9.17) is 4.74 Å². The molecular formula is C13H14BrNO. The average molecular weight is 280 g/mol. The Bertz CT molecular complexity index is 408. The lowest BCUT2D eigenvalue weighted by Crippen LogP contribution is -2.07. The first-order chi connectivity index (χ1) is 7.78. The lowest BCUT2D eigenvalue weighted by Gasteiger charge is -2.14. The molecule has 0 aliphatic carbocycles. The van der Waals surface area contributed by atoms with Gasteiger partial charge in [0.2, 0.25) is 0 Å². The van der Waals surface area contributed by atoms with Crippen LogP contribution in [0.4, 0.5) is 0 Å². The van der Waals surface area contributed by atoms with Gasteiger partial charge in [-0.25, -0.2) is 0 Å². The predicted molar refractivity (Wildman–Crippen MR) is 70.3 cm³/mol. The number of allylic oxidation sites excluding steroid dienone is 1. The molecule has 0 saturated heterocycles. The number of methoxy groups -OCH3 is 1. The Labute approximate surface area is 104 Å². The number of halogens is 1. The van der Waals surface area contributed by atoms with Crippen molar-refractivity contribution in [2.24, 2.45) is 10.9 Å². The number of aliphatic imine (C=N–C) groups is 1. The van der Waals surface area contributed by atoms with Crippen molar-refractivity contribution in [3.05, 3.63) is 42.1 Å². The second-order valence-electron chi connectivity index (χ2n) is 3.86. The maximum Gasteiger partial charge on any atom is 0.118 e. The Balaban J connectivity index is 1.99. The maximum absolute atomic E-state index is 5.14. The van der Waals surface area contributed by atoms with Gasteiger partial charge in [-0.3, -0.25) is 4.99 Å². The molecule has 2 nitrogen and oxygen atoms in total. The second-order valence-corrected chi connectivity index (χ2v) is 4.78. The SMILES string of the molecule is COc1ccc(CC2C=CN=C(Br)C2)cc1. The van der Waals surface area contributed by atoms with Crippen LogP contribution in [-0.4, -0.2) is 11.7 Å². The van der Waals surface area contributed by atoms with E-state index in [-0.39, 0.29) is 0 Å². The normalized spacial score (nSPS) is 19.4. The number of nitrogens with zero attached hydrogens (tertiary/aromatic N) is 1. The van der Waals surface area contributed by atoms with Gasteiger partial charge >= 0.3 is 0 Å². The first kappa shape index (κ1) is 11.4. The molecule has 3 heteroatoms. The monoisotopic (exact) mass is 279 g/mol. The molecule has 0 N–H and O–H groups in total. The van der Waals surface area contributed by atoms with E-state index in [2.05, 4.69) is 39.1 Å². The summed E-state index contributed by atoms with van der Waals surface area (Å²) in [6.07, 6.45) is 6.07. The van der Waals surface area contributed by atoms with Crippen LogP contribution in [0, 0.1) is 5.92 Å². The Morgan fingerprint density at radius 1 is 1.38 bits per heavy atom. The van der Waals surface area contributed by atoms with E-state index in [9.17, 15) is 0 Å². The summed E-state index contributed by atoms with van der Waals surface area (Å²) in [5.74, 6) is 1.45. The van der Waals surface area contributed by atoms with Gasteiger partial charge in [-0.05, 0) is 46.0 Å². The van der Waals surface area contributed by atoms with Crippen LogP contribution >= 0.6 is 15.9 Å². The molecule has 1 atom stereocenters. The number of rotatable bonds is 3. The van der Waals surface area contributed by atoms with E-state index in [0.29, 0.717) is 5.92 Å². The van der Waals surface area contributed by atoms with Crippen LogP contribution in [0.3, 0.4) is 0 Å². The van der Waals surface area contributed by atoms with Gasteiger partial charge < -0.3 is 4.74 Å². The molecule has 2 rings (SSSR count). The molecule has 1 aromatic rings. The minimum absolute atomic E-state index is 0.542. The minimum atomic E-state index is 0.542. The Hall–Kier alpha value is -1.09. The number of hydrogen-bond donors (Lipinski definition) is 0. The van der Waals surface area contributed by atoms with Gasteiger partial charge in [0.05, 0.1) is 11.7 Å². The van der Waals surface area contributed by atoms with Crippen molar-refractivity contribution in [1.29, 1.82) is 0 Å². The van der Waals surface area contributed by atoms with Crippen LogP contribution in [0.5, 0.6) is 5.75 Å². The highest BCUT2D eigenvalue weighted by Gasteiger charge is 2.11. The zero-order valence-electron chi connectivity index (χ0n) is 9.19. The summed E-state index contributed by atoms with van der Waals surface area (Å²) in [6, 6.07) is 8.24. The molecule has 0 radical (unpaired) electrons. The summed E-state index contributed by atoms with van der Waals surface area (Å²) in [4.78, 5) is 4.18. The number of benzene rings is 1. The van der Waals surface area contributed by atoms with Crippen LogP contribution < -0.4 is 4.74 Å². The fraction of sp³-hybridized carbons (Fsp3) is 0.308. The first-order valence-electron chi connectivity index (χ1n) is 5.29.